The molecule has 59 heavy (non-hydrogen) atoms. The maximum Gasteiger partial charge on any atom is 0.460 e. The Labute approximate surface area is 343 Å². The van der Waals surface area contributed by atoms with Crippen molar-refractivity contribution in [2.45, 2.75) is 100 Å². The van der Waals surface area contributed by atoms with E-state index in [9.17, 15) is 61.5 Å². The molecule has 0 nitrogen and oxygen atoms in total. The monoisotopic (exact) mass is 960 g/mol. The van der Waals surface area contributed by atoms with Crippen LogP contribution in [0.4, 0.5) is 79.0 Å². The van der Waals surface area contributed by atoms with Gasteiger partial charge in [0.25, 0.3) is 0 Å². The van der Waals surface area contributed by atoms with Gasteiger partial charge >= 0.3 is 47.9 Å². The number of rotatable bonds is 16. The van der Waals surface area contributed by atoms with Crippen molar-refractivity contribution in [3.05, 3.63) is 69.4 Å². The molecule has 0 spiro atoms. The van der Waals surface area contributed by atoms with Crippen molar-refractivity contribution < 1.29 is 79.0 Å². The summed E-state index contributed by atoms with van der Waals surface area (Å²) in [5.74, 6) is -40.9. The maximum absolute atomic E-state index is 15.7. The Morgan fingerprint density at radius 3 is 1.03 bits per heavy atom. The topological polar surface area (TPSA) is 0 Å². The van der Waals surface area contributed by atoms with Gasteiger partial charge in [-0.15, -0.1) is 56.7 Å². The molecule has 326 valence electrons. The van der Waals surface area contributed by atoms with Crippen LogP contribution in [0.2, 0.25) is 0 Å². The molecule has 0 aromatic carbocycles. The van der Waals surface area contributed by atoms with Gasteiger partial charge in [-0.2, -0.15) is 79.0 Å². The second-order valence-corrected chi connectivity index (χ2v) is 18.0. The predicted octanol–water partition coefficient (Wildman–Crippen LogP) is 17.2. The van der Waals surface area contributed by atoms with E-state index in [1.807, 2.05) is 0 Å². The van der Waals surface area contributed by atoms with E-state index in [4.69, 9.17) is 0 Å². The molecule has 0 bridgehead atoms. The van der Waals surface area contributed by atoms with Crippen LogP contribution in [-0.2, 0) is 24.7 Å². The van der Waals surface area contributed by atoms with Gasteiger partial charge in [-0.25, -0.2) is 0 Å². The molecule has 0 fully saturated rings. The van der Waals surface area contributed by atoms with Gasteiger partial charge in [-0.05, 0) is 71.8 Å². The molecule has 0 amide bonds. The van der Waals surface area contributed by atoms with E-state index >= 15 is 17.6 Å². The Morgan fingerprint density at radius 1 is 0.424 bits per heavy atom. The summed E-state index contributed by atoms with van der Waals surface area (Å²) in [6.07, 6.45) is -12.6. The molecule has 5 rings (SSSR count). The first-order valence-corrected chi connectivity index (χ1v) is 21.2. The third-order valence-corrected chi connectivity index (χ3v) is 15.0. The van der Waals surface area contributed by atoms with Crippen LogP contribution in [0.25, 0.3) is 39.0 Å². The molecule has 23 heteroatoms. The molecule has 0 aliphatic heterocycles. The third-order valence-electron chi connectivity index (χ3n) is 9.04. The number of unbranched alkanes of at least 4 members (excludes halogenated alkanes) is 2. The minimum absolute atomic E-state index is 0.0453. The Bertz CT molecular complexity index is 2040. The molecule has 0 aliphatic rings. The summed E-state index contributed by atoms with van der Waals surface area (Å²) in [5, 5.41) is 2.56. The van der Waals surface area contributed by atoms with Gasteiger partial charge in [-0.1, -0.05) is 38.8 Å². The number of alkyl halides is 18. The van der Waals surface area contributed by atoms with E-state index in [0.717, 1.165) is 12.1 Å². The quantitative estimate of drug-likeness (QED) is 0.0865. The van der Waals surface area contributed by atoms with E-state index in [2.05, 4.69) is 0 Å². The molecular weight excluding hydrogens is 935 g/mol. The highest BCUT2D eigenvalue weighted by Crippen LogP contribution is 2.62. The zero-order valence-corrected chi connectivity index (χ0v) is 33.8. The van der Waals surface area contributed by atoms with E-state index in [1.54, 1.807) is 13.8 Å². The van der Waals surface area contributed by atoms with Gasteiger partial charge in [0.1, 0.15) is 0 Å². The van der Waals surface area contributed by atoms with Crippen molar-refractivity contribution >= 4 is 56.7 Å². The zero-order chi connectivity index (χ0) is 44.4. The summed E-state index contributed by atoms with van der Waals surface area (Å²) in [4.78, 5) is -2.96. The van der Waals surface area contributed by atoms with Gasteiger partial charge in [0.05, 0.1) is 9.75 Å². The Morgan fingerprint density at radius 2 is 0.763 bits per heavy atom. The van der Waals surface area contributed by atoms with E-state index < -0.39 is 68.8 Å². The Kier molecular flexibility index (Phi) is 13.0. The van der Waals surface area contributed by atoms with Gasteiger partial charge in [-0.3, -0.25) is 0 Å². The normalized spacial score (nSPS) is 14.2. The number of hydrogen-bond donors (Lipinski definition) is 0. The largest absolute Gasteiger partial charge is 0.460 e. The highest BCUT2D eigenvalue weighted by atomic mass is 32.1. The summed E-state index contributed by atoms with van der Waals surface area (Å²) in [6.45, 7) is 3.44. The van der Waals surface area contributed by atoms with E-state index in [1.165, 1.54) is 22.9 Å². The lowest BCUT2D eigenvalue weighted by atomic mass is 9.94. The fraction of sp³-hybridized carbons (Fsp3) is 0.444. The summed E-state index contributed by atoms with van der Waals surface area (Å²) < 4.78 is 258. The molecule has 0 saturated heterocycles. The maximum atomic E-state index is 15.7. The summed E-state index contributed by atoms with van der Waals surface area (Å²) in [6, 6.07) is 5.38. The molecular formula is C36H26F18S5. The van der Waals surface area contributed by atoms with Crippen molar-refractivity contribution in [1.29, 1.82) is 0 Å². The van der Waals surface area contributed by atoms with Crippen LogP contribution in [0.15, 0.2) is 47.2 Å². The average molecular weight is 961 g/mol. The smallest absolute Gasteiger partial charge is 0.194 e. The van der Waals surface area contributed by atoms with E-state index in [0.29, 0.717) is 94.5 Å². The highest BCUT2D eigenvalue weighted by Gasteiger charge is 2.83. The molecule has 0 atom stereocenters. The van der Waals surface area contributed by atoms with Gasteiger partial charge in [0, 0.05) is 40.4 Å². The van der Waals surface area contributed by atoms with Crippen molar-refractivity contribution in [1.82, 2.24) is 0 Å². The Hall–Kier alpha value is -2.76. The predicted molar refractivity (Wildman–Crippen MR) is 194 cm³/mol. The summed E-state index contributed by atoms with van der Waals surface area (Å²) in [7, 11) is 0. The molecule has 0 aliphatic carbocycles. The zero-order valence-electron chi connectivity index (χ0n) is 29.7. The van der Waals surface area contributed by atoms with Crippen LogP contribution in [0.3, 0.4) is 0 Å². The first-order chi connectivity index (χ1) is 27.0. The lowest BCUT2D eigenvalue weighted by Gasteiger charge is -2.33. The molecule has 5 aromatic heterocycles. The molecule has 5 aromatic rings. The highest BCUT2D eigenvalue weighted by molar-refractivity contribution is 7.30. The van der Waals surface area contributed by atoms with Gasteiger partial charge in [0.15, 0.2) is 0 Å². The lowest BCUT2D eigenvalue weighted by molar-refractivity contribution is -0.399. The van der Waals surface area contributed by atoms with Crippen molar-refractivity contribution in [2.75, 3.05) is 0 Å². The first-order valence-electron chi connectivity index (χ1n) is 16.9. The molecule has 0 radical (unpaired) electrons. The van der Waals surface area contributed by atoms with Crippen molar-refractivity contribution in [3.63, 3.8) is 0 Å². The fourth-order valence-corrected chi connectivity index (χ4v) is 11.6. The summed E-state index contributed by atoms with van der Waals surface area (Å²) in [5.41, 5.74) is -3.28. The van der Waals surface area contributed by atoms with E-state index in [-0.39, 0.29) is 53.2 Å². The molecule has 0 saturated carbocycles. The standard InChI is InChI=1S/C36H26F18S5/c1-3-5-9-17-18(10-6-4-2)26(24-16-20(28(58-24)22-12-8-14-56-22)30(39,40)32(43,44)34(47,48)36(52,53)54)59-25(17)23-15-19(27(57-23)21-11-7-13-55-21)29(37,38)31(41,42)33(45,46)35(49,50)51/h7-8,11-16H,3-6,9-10H2,1-2H3. The average Bonchev–Trinajstić information content (AvgIpc) is 3.97. The molecule has 0 N–H and O–H groups in total. The van der Waals surface area contributed by atoms with Crippen LogP contribution < -0.4 is 0 Å². The van der Waals surface area contributed by atoms with Crippen LogP contribution in [0, 0.1) is 0 Å². The van der Waals surface area contributed by atoms with Crippen LogP contribution >= 0.6 is 56.7 Å². The third kappa shape index (κ3) is 7.85. The second-order valence-electron chi connectivity index (χ2n) is 13.0. The van der Waals surface area contributed by atoms with Gasteiger partial charge in [0.2, 0.25) is 0 Å². The Balaban J connectivity index is 1.82. The van der Waals surface area contributed by atoms with Gasteiger partial charge < -0.3 is 0 Å². The SMILES string of the molecule is CCCCc1c(-c2cc(C(F)(F)C(F)(F)C(F)(F)C(F)(F)F)c(-c3cccs3)s2)sc(-c2cc(C(F)(F)C(F)(F)C(F)(F)C(F)(F)F)c(-c3cccs3)s2)c1CCCC. The van der Waals surface area contributed by atoms with Crippen LogP contribution in [-0.4, -0.2) is 36.0 Å². The number of halogens is 18. The minimum atomic E-state index is -7.23. The minimum Gasteiger partial charge on any atom is -0.194 e. The number of thiophene rings is 5. The molecule has 0 unspecified atom stereocenters. The van der Waals surface area contributed by atoms with Crippen molar-refractivity contribution in [2.24, 2.45) is 0 Å². The van der Waals surface area contributed by atoms with Crippen LogP contribution in [0.5, 0.6) is 0 Å². The fourth-order valence-electron chi connectivity index (χ4n) is 5.88. The first kappa shape index (κ1) is 47.3. The molecule has 5 heterocycles. The lowest BCUT2D eigenvalue weighted by Crippen LogP contribution is -2.59. The van der Waals surface area contributed by atoms with Crippen molar-refractivity contribution in [3.8, 4) is 39.0 Å². The summed E-state index contributed by atoms with van der Waals surface area (Å²) >= 11 is 2.54. The second kappa shape index (κ2) is 16.2. The van der Waals surface area contributed by atoms with Crippen LogP contribution in [0.1, 0.15) is 61.8 Å². The number of hydrogen-bond acceptors (Lipinski definition) is 5.